The van der Waals surface area contributed by atoms with Gasteiger partial charge in [0, 0.05) is 34.9 Å². The van der Waals surface area contributed by atoms with Gasteiger partial charge in [-0.25, -0.2) is 0 Å². The highest BCUT2D eigenvalue weighted by Crippen LogP contribution is 2.49. The van der Waals surface area contributed by atoms with Crippen LogP contribution in [0.25, 0.3) is 0 Å². The van der Waals surface area contributed by atoms with Crippen molar-refractivity contribution >= 4 is 17.5 Å². The second kappa shape index (κ2) is 9.15. The molecule has 0 saturated carbocycles. The minimum absolute atomic E-state index is 0.0705. The highest BCUT2D eigenvalue weighted by molar-refractivity contribution is 6.09. The van der Waals surface area contributed by atoms with E-state index in [0.717, 1.165) is 36.3 Å². The van der Waals surface area contributed by atoms with Gasteiger partial charge >= 0.3 is 5.97 Å². The van der Waals surface area contributed by atoms with Gasteiger partial charge in [-0.3, -0.25) is 14.6 Å². The standard InChI is InChI=1S/C25H33NO4/c1-6-12-29-20-11-9-8-10-17(20)22-21(24(28)30-13-7-2)16(3)26-18-14-25(4,5)15-19(27)23(18)22/h8-11,21-22H,6-7,12-15H2,1-5H3/t21-,22+/m1/s1. The first kappa shape index (κ1) is 22.3. The Hall–Kier alpha value is -2.43. The Kier molecular flexibility index (Phi) is 6.79. The van der Waals surface area contributed by atoms with Gasteiger partial charge in [0.1, 0.15) is 11.7 Å². The molecule has 1 heterocycles. The molecule has 1 aromatic carbocycles. The number of ether oxygens (including phenoxy) is 2. The summed E-state index contributed by atoms with van der Waals surface area (Å²) in [6, 6.07) is 7.73. The van der Waals surface area contributed by atoms with E-state index in [1.807, 2.05) is 38.1 Å². The van der Waals surface area contributed by atoms with E-state index in [1.54, 1.807) is 0 Å². The summed E-state index contributed by atoms with van der Waals surface area (Å²) >= 11 is 0. The van der Waals surface area contributed by atoms with Gasteiger partial charge in [-0.2, -0.15) is 0 Å². The van der Waals surface area contributed by atoms with Crippen molar-refractivity contribution in [1.29, 1.82) is 0 Å². The van der Waals surface area contributed by atoms with E-state index >= 15 is 0 Å². The number of para-hydroxylation sites is 1. The summed E-state index contributed by atoms with van der Waals surface area (Å²) in [5, 5.41) is 0. The molecule has 1 aliphatic carbocycles. The third kappa shape index (κ3) is 4.50. The number of ketones is 1. The van der Waals surface area contributed by atoms with Crippen LogP contribution in [0.2, 0.25) is 0 Å². The summed E-state index contributed by atoms with van der Waals surface area (Å²) < 4.78 is 11.5. The molecule has 0 unspecified atom stereocenters. The molecule has 5 heteroatoms. The number of hydrogen-bond donors (Lipinski definition) is 0. The van der Waals surface area contributed by atoms with Crippen LogP contribution >= 0.6 is 0 Å². The molecular formula is C25H33NO4. The van der Waals surface area contributed by atoms with Crippen LogP contribution in [0.1, 0.15) is 71.8 Å². The predicted octanol–water partition coefficient (Wildman–Crippen LogP) is 5.25. The molecule has 0 N–H and O–H groups in total. The van der Waals surface area contributed by atoms with Crippen LogP contribution in [0.3, 0.4) is 0 Å². The first-order chi connectivity index (χ1) is 14.3. The minimum Gasteiger partial charge on any atom is -0.493 e. The Morgan fingerprint density at radius 1 is 1.13 bits per heavy atom. The van der Waals surface area contributed by atoms with Crippen LogP contribution in [0, 0.1) is 11.3 Å². The summed E-state index contributed by atoms with van der Waals surface area (Å²) in [4.78, 5) is 31.2. The lowest BCUT2D eigenvalue weighted by Crippen LogP contribution is -2.39. The first-order valence-corrected chi connectivity index (χ1v) is 11.0. The summed E-state index contributed by atoms with van der Waals surface area (Å²) in [6.45, 7) is 11.0. The Balaban J connectivity index is 2.15. The van der Waals surface area contributed by atoms with E-state index in [-0.39, 0.29) is 17.2 Å². The number of rotatable bonds is 7. The maximum atomic E-state index is 13.3. The van der Waals surface area contributed by atoms with Gasteiger partial charge in [-0.1, -0.05) is 45.9 Å². The van der Waals surface area contributed by atoms with Crippen molar-refractivity contribution in [2.24, 2.45) is 16.3 Å². The summed E-state index contributed by atoms with van der Waals surface area (Å²) in [7, 11) is 0. The zero-order chi connectivity index (χ0) is 21.9. The number of aliphatic imine (C=N–C) groups is 1. The van der Waals surface area contributed by atoms with Crippen molar-refractivity contribution in [3.8, 4) is 5.75 Å². The predicted molar refractivity (Wildman–Crippen MR) is 118 cm³/mol. The molecule has 0 saturated heterocycles. The monoisotopic (exact) mass is 411 g/mol. The molecule has 162 valence electrons. The number of nitrogens with zero attached hydrogens (tertiary/aromatic N) is 1. The second-order valence-electron chi connectivity index (χ2n) is 9.06. The number of Topliss-reactive ketones (excluding diaryl/α,β-unsaturated/α-hetero) is 1. The quantitative estimate of drug-likeness (QED) is 0.575. The van der Waals surface area contributed by atoms with Crippen LogP contribution in [-0.4, -0.2) is 30.7 Å². The molecule has 30 heavy (non-hydrogen) atoms. The first-order valence-electron chi connectivity index (χ1n) is 11.0. The Labute approximate surface area is 179 Å². The van der Waals surface area contributed by atoms with Gasteiger partial charge in [-0.15, -0.1) is 0 Å². The van der Waals surface area contributed by atoms with Crippen LogP contribution in [0.4, 0.5) is 0 Å². The zero-order valence-electron chi connectivity index (χ0n) is 18.8. The van der Waals surface area contributed by atoms with E-state index in [1.165, 1.54) is 0 Å². The van der Waals surface area contributed by atoms with Crippen LogP contribution < -0.4 is 4.74 Å². The molecule has 2 aliphatic rings. The lowest BCUT2D eigenvalue weighted by Gasteiger charge is -2.39. The molecule has 5 nitrogen and oxygen atoms in total. The van der Waals surface area contributed by atoms with E-state index < -0.39 is 11.8 Å². The van der Waals surface area contributed by atoms with Gasteiger partial charge in [0.2, 0.25) is 0 Å². The number of benzene rings is 1. The summed E-state index contributed by atoms with van der Waals surface area (Å²) in [6.07, 6.45) is 2.79. The third-order valence-electron chi connectivity index (χ3n) is 5.72. The fourth-order valence-electron chi connectivity index (χ4n) is 4.46. The van der Waals surface area contributed by atoms with Crippen molar-refractivity contribution in [2.75, 3.05) is 13.2 Å². The highest BCUT2D eigenvalue weighted by Gasteiger charge is 2.46. The van der Waals surface area contributed by atoms with Crippen LogP contribution in [0.5, 0.6) is 5.75 Å². The normalized spacial score (nSPS) is 23.0. The molecule has 0 radical (unpaired) electrons. The van der Waals surface area contributed by atoms with E-state index in [9.17, 15) is 9.59 Å². The third-order valence-corrected chi connectivity index (χ3v) is 5.72. The van der Waals surface area contributed by atoms with Gasteiger partial charge in [0.05, 0.1) is 13.2 Å². The molecule has 0 spiro atoms. The van der Waals surface area contributed by atoms with Crippen molar-refractivity contribution in [3.63, 3.8) is 0 Å². The average molecular weight is 412 g/mol. The number of carbonyl (C=O) groups is 2. The van der Waals surface area contributed by atoms with Crippen molar-refractivity contribution in [2.45, 2.75) is 66.2 Å². The fourth-order valence-corrected chi connectivity index (χ4v) is 4.46. The van der Waals surface area contributed by atoms with E-state index in [2.05, 4.69) is 20.8 Å². The average Bonchev–Trinajstić information content (AvgIpc) is 2.68. The van der Waals surface area contributed by atoms with Gasteiger partial charge in [0.25, 0.3) is 0 Å². The molecule has 0 fully saturated rings. The lowest BCUT2D eigenvalue weighted by atomic mass is 9.66. The number of allylic oxidation sites excluding steroid dienone is 2. The van der Waals surface area contributed by atoms with Gasteiger partial charge in [-0.05, 0) is 37.7 Å². The van der Waals surface area contributed by atoms with Crippen LogP contribution in [-0.2, 0) is 14.3 Å². The van der Waals surface area contributed by atoms with Crippen molar-refractivity contribution in [3.05, 3.63) is 41.1 Å². The number of carbonyl (C=O) groups excluding carboxylic acids is 2. The maximum absolute atomic E-state index is 13.3. The number of hydrogen-bond acceptors (Lipinski definition) is 5. The SMILES string of the molecule is CCCOC(=O)[C@@H]1C(C)=NC2=C(C(=O)CC(C)(C)C2)[C@H]1c1ccccc1OCCC. The molecule has 0 aromatic heterocycles. The number of esters is 1. The highest BCUT2D eigenvalue weighted by atomic mass is 16.5. The van der Waals surface area contributed by atoms with Crippen LogP contribution in [0.15, 0.2) is 40.5 Å². The molecule has 0 bridgehead atoms. The van der Waals surface area contributed by atoms with Gasteiger partial charge < -0.3 is 9.47 Å². The zero-order valence-corrected chi connectivity index (χ0v) is 18.8. The Bertz CT molecular complexity index is 881. The lowest BCUT2D eigenvalue weighted by molar-refractivity contribution is -0.146. The Morgan fingerprint density at radius 3 is 2.53 bits per heavy atom. The molecule has 0 amide bonds. The summed E-state index contributed by atoms with van der Waals surface area (Å²) in [5.41, 5.74) is 2.89. The van der Waals surface area contributed by atoms with E-state index in [4.69, 9.17) is 14.5 Å². The van der Waals surface area contributed by atoms with Crippen molar-refractivity contribution < 1.29 is 19.1 Å². The molecule has 1 aliphatic heterocycles. The molecular weight excluding hydrogens is 378 g/mol. The summed E-state index contributed by atoms with van der Waals surface area (Å²) in [5.74, 6) is -0.583. The fraction of sp³-hybridized carbons (Fsp3) is 0.560. The van der Waals surface area contributed by atoms with Crippen molar-refractivity contribution in [1.82, 2.24) is 0 Å². The molecule has 3 rings (SSSR count). The largest absolute Gasteiger partial charge is 0.493 e. The minimum atomic E-state index is -0.619. The smallest absolute Gasteiger partial charge is 0.315 e. The second-order valence-corrected chi connectivity index (χ2v) is 9.06. The molecule has 2 atom stereocenters. The van der Waals surface area contributed by atoms with E-state index in [0.29, 0.717) is 30.9 Å². The topological polar surface area (TPSA) is 65.0 Å². The van der Waals surface area contributed by atoms with Gasteiger partial charge in [0.15, 0.2) is 5.78 Å². The Morgan fingerprint density at radius 2 is 1.83 bits per heavy atom. The maximum Gasteiger partial charge on any atom is 0.315 e. The molecule has 1 aromatic rings.